The van der Waals surface area contributed by atoms with Gasteiger partial charge in [-0.1, -0.05) is 12.1 Å². The zero-order valence-electron chi connectivity index (χ0n) is 15.8. The number of ketones is 1. The molecule has 3 rings (SSSR count). The summed E-state index contributed by atoms with van der Waals surface area (Å²) in [5.41, 5.74) is -0.00667. The van der Waals surface area contributed by atoms with E-state index in [1.54, 1.807) is 23.1 Å². The van der Waals surface area contributed by atoms with E-state index in [1.807, 2.05) is 6.92 Å². The second-order valence-corrected chi connectivity index (χ2v) is 6.97. The maximum atomic E-state index is 13.5. The van der Waals surface area contributed by atoms with Gasteiger partial charge in [0, 0.05) is 31.2 Å². The van der Waals surface area contributed by atoms with E-state index in [0.29, 0.717) is 42.0 Å². The van der Waals surface area contributed by atoms with Crippen LogP contribution in [-0.2, 0) is 23.9 Å². The van der Waals surface area contributed by atoms with Crippen molar-refractivity contribution in [1.29, 1.82) is 0 Å². The lowest BCUT2D eigenvalue weighted by atomic mass is 9.96. The van der Waals surface area contributed by atoms with Crippen LogP contribution in [0.3, 0.4) is 0 Å². The maximum Gasteiger partial charge on any atom is 0.419 e. The molecule has 1 unspecified atom stereocenters. The standard InChI is InChI=1S/C21H19F4NO3/c1-12(11-29-2)26-10-16-13(4-3-5-15(16)20(26)28)9-19(27)14-6-7-18(22)17(8-14)21(23,24)25/h3-8,12H,9-11H2,1-2H3. The molecular formula is C21H19F4NO3. The van der Waals surface area contributed by atoms with E-state index in [1.165, 1.54) is 7.11 Å². The number of amides is 1. The highest BCUT2D eigenvalue weighted by molar-refractivity contribution is 6.01. The summed E-state index contributed by atoms with van der Waals surface area (Å²) in [6.45, 7) is 2.48. The number of nitrogens with zero attached hydrogens (tertiary/aromatic N) is 1. The van der Waals surface area contributed by atoms with Crippen LogP contribution in [0.4, 0.5) is 17.6 Å². The number of methoxy groups -OCH3 is 1. The van der Waals surface area contributed by atoms with Crippen LogP contribution in [-0.4, -0.2) is 36.3 Å². The van der Waals surface area contributed by atoms with Gasteiger partial charge in [-0.05, 0) is 42.3 Å². The number of halogens is 4. The first-order valence-electron chi connectivity index (χ1n) is 8.94. The second kappa shape index (κ2) is 7.94. The Bertz CT molecular complexity index is 955. The molecule has 0 spiro atoms. The zero-order valence-corrected chi connectivity index (χ0v) is 15.8. The van der Waals surface area contributed by atoms with E-state index in [9.17, 15) is 27.2 Å². The van der Waals surface area contributed by atoms with Crippen LogP contribution in [0.15, 0.2) is 36.4 Å². The number of ether oxygens (including phenoxy) is 1. The van der Waals surface area contributed by atoms with Crippen LogP contribution in [0.1, 0.15) is 44.3 Å². The van der Waals surface area contributed by atoms with Gasteiger partial charge in [0.25, 0.3) is 5.91 Å². The summed E-state index contributed by atoms with van der Waals surface area (Å²) in [5.74, 6) is -2.19. The Morgan fingerprint density at radius 2 is 1.97 bits per heavy atom. The van der Waals surface area contributed by atoms with Gasteiger partial charge in [0.2, 0.25) is 0 Å². The van der Waals surface area contributed by atoms with Crippen molar-refractivity contribution in [2.75, 3.05) is 13.7 Å². The number of rotatable bonds is 6. The summed E-state index contributed by atoms with van der Waals surface area (Å²) in [4.78, 5) is 26.9. The molecule has 4 nitrogen and oxygen atoms in total. The molecule has 0 fully saturated rings. The summed E-state index contributed by atoms with van der Waals surface area (Å²) >= 11 is 0. The van der Waals surface area contributed by atoms with Gasteiger partial charge in [-0.25, -0.2) is 4.39 Å². The molecule has 0 bridgehead atoms. The third-order valence-corrected chi connectivity index (χ3v) is 4.98. The molecule has 0 aromatic heterocycles. The Labute approximate surface area is 165 Å². The smallest absolute Gasteiger partial charge is 0.383 e. The van der Waals surface area contributed by atoms with E-state index >= 15 is 0 Å². The van der Waals surface area contributed by atoms with Crippen molar-refractivity contribution < 1.29 is 31.9 Å². The fraction of sp³-hybridized carbons (Fsp3) is 0.333. The Morgan fingerprint density at radius 1 is 1.24 bits per heavy atom. The van der Waals surface area contributed by atoms with E-state index in [-0.39, 0.29) is 23.9 Å². The minimum atomic E-state index is -4.89. The monoisotopic (exact) mass is 409 g/mol. The van der Waals surface area contributed by atoms with Gasteiger partial charge in [-0.2, -0.15) is 13.2 Å². The fourth-order valence-corrected chi connectivity index (χ4v) is 3.46. The maximum absolute atomic E-state index is 13.5. The first-order chi connectivity index (χ1) is 13.6. The molecule has 0 radical (unpaired) electrons. The molecule has 154 valence electrons. The molecule has 1 atom stereocenters. The van der Waals surface area contributed by atoms with Crippen molar-refractivity contribution in [3.63, 3.8) is 0 Å². The van der Waals surface area contributed by atoms with Crippen LogP contribution in [0, 0.1) is 5.82 Å². The van der Waals surface area contributed by atoms with Crippen LogP contribution >= 0.6 is 0 Å². The topological polar surface area (TPSA) is 46.6 Å². The molecule has 2 aromatic carbocycles. The average molecular weight is 409 g/mol. The fourth-order valence-electron chi connectivity index (χ4n) is 3.46. The SMILES string of the molecule is COCC(C)N1Cc2c(CC(=O)c3ccc(F)c(C(F)(F)F)c3)cccc2C1=O. The highest BCUT2D eigenvalue weighted by Crippen LogP contribution is 2.33. The third kappa shape index (κ3) is 4.17. The quantitative estimate of drug-likeness (QED) is 0.529. The number of hydrogen-bond acceptors (Lipinski definition) is 3. The number of benzene rings is 2. The first kappa shape index (κ1) is 21.0. The van der Waals surface area contributed by atoms with Crippen molar-refractivity contribution in [1.82, 2.24) is 4.90 Å². The molecule has 1 heterocycles. The number of Topliss-reactive ketones (excluding diaryl/α,β-unsaturated/α-hetero) is 1. The van der Waals surface area contributed by atoms with Gasteiger partial charge in [-0.3, -0.25) is 9.59 Å². The second-order valence-electron chi connectivity index (χ2n) is 6.97. The van der Waals surface area contributed by atoms with Crippen molar-refractivity contribution in [3.8, 4) is 0 Å². The summed E-state index contributed by atoms with van der Waals surface area (Å²) in [6, 6.07) is 6.99. The van der Waals surface area contributed by atoms with Crippen molar-refractivity contribution >= 4 is 11.7 Å². The minimum Gasteiger partial charge on any atom is -0.383 e. The van der Waals surface area contributed by atoms with Crippen molar-refractivity contribution in [3.05, 3.63) is 70.0 Å². The Morgan fingerprint density at radius 3 is 2.62 bits per heavy atom. The predicted molar refractivity (Wildman–Crippen MR) is 97.1 cm³/mol. The highest BCUT2D eigenvalue weighted by Gasteiger charge is 2.35. The number of hydrogen-bond donors (Lipinski definition) is 0. The van der Waals surface area contributed by atoms with Gasteiger partial charge < -0.3 is 9.64 Å². The molecule has 0 saturated carbocycles. The Hall–Kier alpha value is -2.74. The first-order valence-corrected chi connectivity index (χ1v) is 8.94. The number of carbonyl (C=O) groups excluding carboxylic acids is 2. The van der Waals surface area contributed by atoms with Crippen molar-refractivity contribution in [2.24, 2.45) is 0 Å². The van der Waals surface area contributed by atoms with Gasteiger partial charge in [0.15, 0.2) is 5.78 Å². The van der Waals surface area contributed by atoms with Crippen LogP contribution in [0.5, 0.6) is 0 Å². The van der Waals surface area contributed by atoms with Crippen LogP contribution in [0.25, 0.3) is 0 Å². The lowest BCUT2D eigenvalue weighted by molar-refractivity contribution is -0.140. The molecule has 8 heteroatoms. The molecule has 0 saturated heterocycles. The van der Waals surface area contributed by atoms with E-state index in [2.05, 4.69) is 0 Å². The molecule has 29 heavy (non-hydrogen) atoms. The summed E-state index contributed by atoms with van der Waals surface area (Å²) in [6.07, 6.45) is -5.08. The number of alkyl halides is 3. The van der Waals surface area contributed by atoms with Gasteiger partial charge in [-0.15, -0.1) is 0 Å². The minimum absolute atomic E-state index is 0.171. The van der Waals surface area contributed by atoms with Gasteiger partial charge in [0.05, 0.1) is 18.2 Å². The predicted octanol–water partition coefficient (Wildman–Crippen LogP) is 4.26. The Kier molecular flexibility index (Phi) is 5.75. The lowest BCUT2D eigenvalue weighted by Gasteiger charge is -2.23. The van der Waals surface area contributed by atoms with Gasteiger partial charge >= 0.3 is 6.18 Å². The molecule has 0 N–H and O–H groups in total. The average Bonchev–Trinajstić information content (AvgIpc) is 2.99. The molecule has 1 aliphatic heterocycles. The molecule has 0 aliphatic carbocycles. The Balaban J connectivity index is 1.87. The summed E-state index contributed by atoms with van der Waals surface area (Å²) < 4.78 is 57.3. The molecule has 1 amide bonds. The summed E-state index contributed by atoms with van der Waals surface area (Å²) in [5, 5.41) is 0. The lowest BCUT2D eigenvalue weighted by Crippen LogP contribution is -2.36. The van der Waals surface area contributed by atoms with E-state index < -0.39 is 23.3 Å². The molecule has 1 aliphatic rings. The normalized spacial score (nSPS) is 14.8. The van der Waals surface area contributed by atoms with Crippen molar-refractivity contribution in [2.45, 2.75) is 32.1 Å². The van der Waals surface area contributed by atoms with E-state index in [4.69, 9.17) is 4.74 Å². The van der Waals surface area contributed by atoms with Crippen LogP contribution < -0.4 is 0 Å². The zero-order chi connectivity index (χ0) is 21.3. The van der Waals surface area contributed by atoms with Gasteiger partial charge in [0.1, 0.15) is 5.82 Å². The largest absolute Gasteiger partial charge is 0.419 e. The number of carbonyl (C=O) groups is 2. The summed E-state index contributed by atoms with van der Waals surface area (Å²) in [7, 11) is 1.53. The highest BCUT2D eigenvalue weighted by atomic mass is 19.4. The molecule has 2 aromatic rings. The number of fused-ring (bicyclic) bond motifs is 1. The van der Waals surface area contributed by atoms with Crippen LogP contribution in [0.2, 0.25) is 0 Å². The third-order valence-electron chi connectivity index (χ3n) is 4.98. The molecular weight excluding hydrogens is 390 g/mol. The van der Waals surface area contributed by atoms with E-state index in [0.717, 1.165) is 6.07 Å².